The van der Waals surface area contributed by atoms with Crippen molar-refractivity contribution in [2.45, 2.75) is 33.6 Å². The molecule has 1 heterocycles. The van der Waals surface area contributed by atoms with Gasteiger partial charge in [-0.2, -0.15) is 0 Å². The molecule has 1 rings (SSSR count). The van der Waals surface area contributed by atoms with Gasteiger partial charge < -0.3 is 0 Å². The summed E-state index contributed by atoms with van der Waals surface area (Å²) in [5, 5.41) is 0. The highest BCUT2D eigenvalue weighted by Crippen LogP contribution is 2.03. The molecule has 0 atom stereocenters. The summed E-state index contributed by atoms with van der Waals surface area (Å²) in [6, 6.07) is 0. The number of ketones is 1. The number of hydrogen-bond acceptors (Lipinski definition) is 3. The Morgan fingerprint density at radius 1 is 1.36 bits per heavy atom. The molecule has 14 heavy (non-hydrogen) atoms. The first-order valence-corrected chi connectivity index (χ1v) is 4.87. The standard InChI is InChI=1S/C11H16N2O/c1-8(2)4-10(14)5-11-12-6-9(3)7-13-11/h6-8H,4-5H2,1-3H3. The second-order valence-corrected chi connectivity index (χ2v) is 3.99. The van der Waals surface area contributed by atoms with E-state index < -0.39 is 0 Å². The highest BCUT2D eigenvalue weighted by Gasteiger charge is 2.07. The van der Waals surface area contributed by atoms with Crippen LogP contribution in [0.5, 0.6) is 0 Å². The van der Waals surface area contributed by atoms with Gasteiger partial charge in [0, 0.05) is 18.8 Å². The minimum absolute atomic E-state index is 0.212. The molecule has 0 aromatic carbocycles. The molecule has 1 aromatic heterocycles. The van der Waals surface area contributed by atoms with Crippen LogP contribution >= 0.6 is 0 Å². The molecular formula is C11H16N2O. The van der Waals surface area contributed by atoms with Crippen LogP contribution in [-0.4, -0.2) is 15.8 Å². The van der Waals surface area contributed by atoms with Crippen LogP contribution in [0.15, 0.2) is 12.4 Å². The molecule has 0 spiro atoms. The first kappa shape index (κ1) is 10.8. The summed E-state index contributed by atoms with van der Waals surface area (Å²) in [5.74, 6) is 1.25. The van der Waals surface area contributed by atoms with Gasteiger partial charge in [0.1, 0.15) is 11.6 Å². The molecule has 76 valence electrons. The summed E-state index contributed by atoms with van der Waals surface area (Å²) >= 11 is 0. The molecule has 1 aromatic rings. The molecule has 3 nitrogen and oxygen atoms in total. The van der Waals surface area contributed by atoms with Crippen LogP contribution in [0.25, 0.3) is 0 Å². The fourth-order valence-electron chi connectivity index (χ4n) is 1.21. The zero-order chi connectivity index (χ0) is 10.6. The fourth-order valence-corrected chi connectivity index (χ4v) is 1.21. The van der Waals surface area contributed by atoms with Crippen molar-refractivity contribution in [1.29, 1.82) is 0 Å². The monoisotopic (exact) mass is 192 g/mol. The molecule has 0 bridgehead atoms. The number of nitrogens with zero attached hydrogens (tertiary/aromatic N) is 2. The van der Waals surface area contributed by atoms with E-state index in [0.29, 0.717) is 24.6 Å². The third-order valence-electron chi connectivity index (χ3n) is 1.83. The molecule has 0 saturated carbocycles. The number of Topliss-reactive ketones (excluding diaryl/α,β-unsaturated/α-hetero) is 1. The SMILES string of the molecule is Cc1cnc(CC(=O)CC(C)C)nc1. The van der Waals surface area contributed by atoms with Crippen LogP contribution in [-0.2, 0) is 11.2 Å². The van der Waals surface area contributed by atoms with Gasteiger partial charge in [0.25, 0.3) is 0 Å². The Hall–Kier alpha value is -1.25. The van der Waals surface area contributed by atoms with Gasteiger partial charge in [0.15, 0.2) is 0 Å². The van der Waals surface area contributed by atoms with E-state index in [1.807, 2.05) is 20.8 Å². The zero-order valence-corrected chi connectivity index (χ0v) is 8.95. The molecule has 0 aliphatic carbocycles. The quantitative estimate of drug-likeness (QED) is 0.732. The van der Waals surface area contributed by atoms with E-state index in [1.165, 1.54) is 0 Å². The topological polar surface area (TPSA) is 42.9 Å². The Kier molecular flexibility index (Phi) is 3.74. The lowest BCUT2D eigenvalue weighted by atomic mass is 10.1. The fraction of sp³-hybridized carbons (Fsp3) is 0.545. The van der Waals surface area contributed by atoms with E-state index >= 15 is 0 Å². The number of hydrogen-bond donors (Lipinski definition) is 0. The first-order chi connectivity index (χ1) is 6.58. The van der Waals surface area contributed by atoms with Crippen LogP contribution in [0.1, 0.15) is 31.7 Å². The molecule has 0 aliphatic rings. The van der Waals surface area contributed by atoms with Crippen molar-refractivity contribution < 1.29 is 4.79 Å². The minimum Gasteiger partial charge on any atom is -0.299 e. The number of carbonyl (C=O) groups is 1. The summed E-state index contributed by atoms with van der Waals surface area (Å²) in [4.78, 5) is 19.6. The van der Waals surface area contributed by atoms with Gasteiger partial charge >= 0.3 is 0 Å². The normalized spacial score (nSPS) is 10.6. The van der Waals surface area contributed by atoms with E-state index in [0.717, 1.165) is 5.56 Å². The summed E-state index contributed by atoms with van der Waals surface area (Å²) < 4.78 is 0. The Morgan fingerprint density at radius 2 is 1.93 bits per heavy atom. The number of aryl methyl sites for hydroxylation is 1. The largest absolute Gasteiger partial charge is 0.299 e. The summed E-state index contributed by atoms with van der Waals surface area (Å²) in [6.45, 7) is 6.00. The minimum atomic E-state index is 0.212. The molecule has 0 aliphatic heterocycles. The second-order valence-electron chi connectivity index (χ2n) is 3.99. The molecule has 0 radical (unpaired) electrons. The smallest absolute Gasteiger partial charge is 0.140 e. The Bertz CT molecular complexity index is 304. The maximum atomic E-state index is 11.4. The van der Waals surface area contributed by atoms with Gasteiger partial charge in [0.05, 0.1) is 6.42 Å². The van der Waals surface area contributed by atoms with Crippen LogP contribution in [0.3, 0.4) is 0 Å². The molecular weight excluding hydrogens is 176 g/mol. The molecule has 0 amide bonds. The van der Waals surface area contributed by atoms with E-state index in [2.05, 4.69) is 9.97 Å². The molecule has 3 heteroatoms. The highest BCUT2D eigenvalue weighted by atomic mass is 16.1. The van der Waals surface area contributed by atoms with Crippen molar-refractivity contribution in [3.8, 4) is 0 Å². The van der Waals surface area contributed by atoms with E-state index in [-0.39, 0.29) is 5.78 Å². The molecule has 0 N–H and O–H groups in total. The predicted octanol–water partition coefficient (Wildman–Crippen LogP) is 1.94. The van der Waals surface area contributed by atoms with Gasteiger partial charge in [-0.3, -0.25) is 4.79 Å². The van der Waals surface area contributed by atoms with Crippen molar-refractivity contribution in [2.75, 3.05) is 0 Å². The van der Waals surface area contributed by atoms with Gasteiger partial charge in [-0.25, -0.2) is 9.97 Å². The number of carbonyl (C=O) groups excluding carboxylic acids is 1. The van der Waals surface area contributed by atoms with Crippen molar-refractivity contribution in [3.63, 3.8) is 0 Å². The van der Waals surface area contributed by atoms with Crippen LogP contribution < -0.4 is 0 Å². The van der Waals surface area contributed by atoms with E-state index in [1.54, 1.807) is 12.4 Å². The van der Waals surface area contributed by atoms with Gasteiger partial charge in [-0.15, -0.1) is 0 Å². The van der Waals surface area contributed by atoms with E-state index in [4.69, 9.17) is 0 Å². The van der Waals surface area contributed by atoms with Crippen LogP contribution in [0.4, 0.5) is 0 Å². The molecule has 0 fully saturated rings. The lowest BCUT2D eigenvalue weighted by Crippen LogP contribution is -2.08. The Morgan fingerprint density at radius 3 is 2.43 bits per heavy atom. The summed E-state index contributed by atoms with van der Waals surface area (Å²) in [5.41, 5.74) is 1.02. The summed E-state index contributed by atoms with van der Waals surface area (Å²) in [7, 11) is 0. The average Bonchev–Trinajstić information content (AvgIpc) is 2.07. The third-order valence-corrected chi connectivity index (χ3v) is 1.83. The maximum Gasteiger partial charge on any atom is 0.140 e. The molecule has 0 saturated heterocycles. The second kappa shape index (κ2) is 4.84. The van der Waals surface area contributed by atoms with Gasteiger partial charge in [-0.05, 0) is 18.4 Å². The predicted molar refractivity (Wildman–Crippen MR) is 54.9 cm³/mol. The van der Waals surface area contributed by atoms with Crippen LogP contribution in [0, 0.1) is 12.8 Å². The highest BCUT2D eigenvalue weighted by molar-refractivity contribution is 5.80. The number of rotatable bonds is 4. The zero-order valence-electron chi connectivity index (χ0n) is 8.95. The van der Waals surface area contributed by atoms with Crippen molar-refractivity contribution in [2.24, 2.45) is 5.92 Å². The maximum absolute atomic E-state index is 11.4. The van der Waals surface area contributed by atoms with Crippen molar-refractivity contribution in [3.05, 3.63) is 23.8 Å². The van der Waals surface area contributed by atoms with Gasteiger partial charge in [-0.1, -0.05) is 13.8 Å². The Balaban J connectivity index is 2.52. The third kappa shape index (κ3) is 3.64. The average molecular weight is 192 g/mol. The van der Waals surface area contributed by atoms with E-state index in [9.17, 15) is 4.79 Å². The Labute approximate surface area is 84.6 Å². The van der Waals surface area contributed by atoms with Crippen LogP contribution in [0.2, 0.25) is 0 Å². The first-order valence-electron chi connectivity index (χ1n) is 4.87. The van der Waals surface area contributed by atoms with Crippen molar-refractivity contribution in [1.82, 2.24) is 9.97 Å². The lowest BCUT2D eigenvalue weighted by molar-refractivity contribution is -0.119. The molecule has 0 unspecified atom stereocenters. The number of aromatic nitrogens is 2. The summed E-state index contributed by atoms with van der Waals surface area (Å²) in [6.07, 6.45) is 4.45. The van der Waals surface area contributed by atoms with Crippen molar-refractivity contribution >= 4 is 5.78 Å². The lowest BCUT2D eigenvalue weighted by Gasteiger charge is -2.02. The van der Waals surface area contributed by atoms with Gasteiger partial charge in [0.2, 0.25) is 0 Å².